The molecular weight excluding hydrogens is 282 g/mol. The first kappa shape index (κ1) is 14.3. The molecule has 1 saturated heterocycles. The molecule has 1 aromatic heterocycles. The van der Waals surface area contributed by atoms with E-state index >= 15 is 0 Å². The van der Waals surface area contributed by atoms with Gasteiger partial charge in [-0.2, -0.15) is 0 Å². The lowest BCUT2D eigenvalue weighted by Gasteiger charge is -2.35. The smallest absolute Gasteiger partial charge is 0.264 e. The highest BCUT2D eigenvalue weighted by Crippen LogP contribution is 2.29. The predicted molar refractivity (Wildman–Crippen MR) is 85.8 cm³/mol. The Balaban J connectivity index is 1.86. The molecule has 2 aromatic rings. The summed E-state index contributed by atoms with van der Waals surface area (Å²) in [5, 5.41) is 1.12. The van der Waals surface area contributed by atoms with Crippen molar-refractivity contribution >= 4 is 33.1 Å². The molecule has 1 aliphatic rings. The standard InChI is InChI=1S/C17H19NO2S/c1-12(19)10-14-7-4-5-9-18(14)17(20)16-11-13-6-2-3-8-15(13)21-16/h2-3,6,8,11,14H,4-5,7,9-10H2,1H3. The van der Waals surface area contributed by atoms with Crippen LogP contribution < -0.4 is 0 Å². The molecule has 1 unspecified atom stereocenters. The number of rotatable bonds is 3. The zero-order valence-corrected chi connectivity index (χ0v) is 13.0. The van der Waals surface area contributed by atoms with Crippen molar-refractivity contribution in [3.05, 3.63) is 35.2 Å². The second-order valence-corrected chi connectivity index (χ2v) is 6.79. The molecule has 0 radical (unpaired) electrons. The van der Waals surface area contributed by atoms with Gasteiger partial charge in [-0.25, -0.2) is 0 Å². The number of fused-ring (bicyclic) bond motifs is 1. The number of piperidine rings is 1. The van der Waals surface area contributed by atoms with Crippen molar-refractivity contribution < 1.29 is 9.59 Å². The minimum atomic E-state index is 0.0777. The maximum absolute atomic E-state index is 12.8. The second kappa shape index (κ2) is 5.98. The van der Waals surface area contributed by atoms with Crippen LogP contribution in [0.2, 0.25) is 0 Å². The van der Waals surface area contributed by atoms with E-state index in [1.807, 2.05) is 35.2 Å². The Bertz CT molecular complexity index is 643. The molecule has 4 heteroatoms. The molecule has 1 aromatic carbocycles. The quantitative estimate of drug-likeness (QED) is 0.863. The molecule has 1 atom stereocenters. The topological polar surface area (TPSA) is 37.4 Å². The monoisotopic (exact) mass is 301 g/mol. The highest BCUT2D eigenvalue weighted by atomic mass is 32.1. The first-order valence-electron chi connectivity index (χ1n) is 7.44. The van der Waals surface area contributed by atoms with E-state index in [4.69, 9.17) is 0 Å². The zero-order chi connectivity index (χ0) is 14.8. The molecule has 21 heavy (non-hydrogen) atoms. The lowest BCUT2D eigenvalue weighted by molar-refractivity contribution is -0.118. The summed E-state index contributed by atoms with van der Waals surface area (Å²) >= 11 is 1.54. The number of ketones is 1. The van der Waals surface area contributed by atoms with Crippen molar-refractivity contribution in [3.8, 4) is 0 Å². The van der Waals surface area contributed by atoms with Crippen molar-refractivity contribution in [1.82, 2.24) is 4.90 Å². The van der Waals surface area contributed by atoms with Gasteiger partial charge in [-0.1, -0.05) is 18.2 Å². The fourth-order valence-corrected chi connectivity index (χ4v) is 4.06. The van der Waals surface area contributed by atoms with Crippen LogP contribution in [-0.2, 0) is 4.79 Å². The fraction of sp³-hybridized carbons (Fsp3) is 0.412. The SMILES string of the molecule is CC(=O)CC1CCCCN1C(=O)c1cc2ccccc2s1. The van der Waals surface area contributed by atoms with E-state index in [0.29, 0.717) is 6.42 Å². The number of carbonyl (C=O) groups is 2. The lowest BCUT2D eigenvalue weighted by atomic mass is 9.97. The van der Waals surface area contributed by atoms with E-state index in [2.05, 4.69) is 0 Å². The molecule has 0 spiro atoms. The average molecular weight is 301 g/mol. The van der Waals surface area contributed by atoms with Crippen molar-refractivity contribution in [2.75, 3.05) is 6.54 Å². The van der Waals surface area contributed by atoms with Gasteiger partial charge in [0.1, 0.15) is 5.78 Å². The molecule has 2 heterocycles. The highest BCUT2D eigenvalue weighted by Gasteiger charge is 2.29. The number of nitrogens with zero attached hydrogens (tertiary/aromatic N) is 1. The number of hydrogen-bond donors (Lipinski definition) is 0. The summed E-state index contributed by atoms with van der Waals surface area (Å²) in [6.45, 7) is 2.38. The predicted octanol–water partition coefficient (Wildman–Crippen LogP) is 3.88. The summed E-state index contributed by atoms with van der Waals surface area (Å²) in [7, 11) is 0. The maximum atomic E-state index is 12.8. The Morgan fingerprint density at radius 1 is 1.29 bits per heavy atom. The number of thiophene rings is 1. The number of hydrogen-bond acceptors (Lipinski definition) is 3. The average Bonchev–Trinajstić information content (AvgIpc) is 2.90. The molecule has 110 valence electrons. The van der Waals surface area contributed by atoms with Crippen molar-refractivity contribution in [3.63, 3.8) is 0 Å². The molecule has 0 aliphatic carbocycles. The van der Waals surface area contributed by atoms with Crippen LogP contribution in [0.3, 0.4) is 0 Å². The summed E-state index contributed by atoms with van der Waals surface area (Å²) in [4.78, 5) is 26.9. The molecule has 0 N–H and O–H groups in total. The molecule has 0 saturated carbocycles. The third-order valence-electron chi connectivity index (χ3n) is 4.05. The van der Waals surface area contributed by atoms with Crippen LogP contribution in [0.25, 0.3) is 10.1 Å². The van der Waals surface area contributed by atoms with E-state index in [9.17, 15) is 9.59 Å². The van der Waals surface area contributed by atoms with Gasteiger partial charge in [-0.15, -0.1) is 11.3 Å². The molecule has 3 rings (SSSR count). The van der Waals surface area contributed by atoms with Gasteiger partial charge in [0.05, 0.1) is 4.88 Å². The summed E-state index contributed by atoms with van der Waals surface area (Å²) < 4.78 is 1.14. The first-order chi connectivity index (χ1) is 10.1. The Morgan fingerprint density at radius 2 is 2.10 bits per heavy atom. The van der Waals surface area contributed by atoms with Crippen LogP contribution >= 0.6 is 11.3 Å². The van der Waals surface area contributed by atoms with Crippen LogP contribution in [0.1, 0.15) is 42.3 Å². The molecule has 0 bridgehead atoms. The molecule has 1 amide bonds. The summed E-state index contributed by atoms with van der Waals surface area (Å²) in [5.74, 6) is 0.248. The van der Waals surface area contributed by atoms with Crippen molar-refractivity contribution in [2.45, 2.75) is 38.6 Å². The number of likely N-dealkylation sites (tertiary alicyclic amines) is 1. The largest absolute Gasteiger partial charge is 0.335 e. The van der Waals surface area contributed by atoms with E-state index in [0.717, 1.165) is 40.8 Å². The summed E-state index contributed by atoms with van der Waals surface area (Å²) in [5.41, 5.74) is 0. The second-order valence-electron chi connectivity index (χ2n) is 5.70. The Labute approximate surface area is 128 Å². The van der Waals surface area contributed by atoms with Gasteiger partial charge < -0.3 is 4.90 Å². The minimum Gasteiger partial charge on any atom is -0.335 e. The molecule has 1 fully saturated rings. The molecular formula is C17H19NO2S. The van der Waals surface area contributed by atoms with Crippen molar-refractivity contribution in [1.29, 1.82) is 0 Å². The van der Waals surface area contributed by atoms with Gasteiger partial charge in [-0.3, -0.25) is 9.59 Å². The highest BCUT2D eigenvalue weighted by molar-refractivity contribution is 7.20. The van der Waals surface area contributed by atoms with E-state index in [-0.39, 0.29) is 17.7 Å². The normalized spacial score (nSPS) is 18.9. The number of amides is 1. The zero-order valence-electron chi connectivity index (χ0n) is 12.2. The third-order valence-corrected chi connectivity index (χ3v) is 5.15. The van der Waals surface area contributed by atoms with E-state index in [1.165, 1.54) is 0 Å². The minimum absolute atomic E-state index is 0.0777. The Kier molecular flexibility index (Phi) is 4.06. The van der Waals surface area contributed by atoms with Crippen LogP contribution in [-0.4, -0.2) is 29.2 Å². The van der Waals surface area contributed by atoms with Gasteiger partial charge >= 0.3 is 0 Å². The Hall–Kier alpha value is -1.68. The summed E-state index contributed by atoms with van der Waals surface area (Å²) in [6, 6.07) is 10.1. The van der Waals surface area contributed by atoms with Gasteiger partial charge in [0, 0.05) is 23.7 Å². The molecule has 1 aliphatic heterocycles. The van der Waals surface area contributed by atoms with Crippen LogP contribution in [0.4, 0.5) is 0 Å². The third kappa shape index (κ3) is 3.00. The van der Waals surface area contributed by atoms with Gasteiger partial charge in [0.25, 0.3) is 5.91 Å². The number of carbonyl (C=O) groups excluding carboxylic acids is 2. The van der Waals surface area contributed by atoms with Gasteiger partial charge in [0.15, 0.2) is 0 Å². The van der Waals surface area contributed by atoms with Crippen LogP contribution in [0.15, 0.2) is 30.3 Å². The number of Topliss-reactive ketones (excluding diaryl/α,β-unsaturated/α-hetero) is 1. The van der Waals surface area contributed by atoms with Crippen molar-refractivity contribution in [2.24, 2.45) is 0 Å². The van der Waals surface area contributed by atoms with Gasteiger partial charge in [0.2, 0.25) is 0 Å². The van der Waals surface area contributed by atoms with E-state index in [1.54, 1.807) is 18.3 Å². The number of benzene rings is 1. The lowest BCUT2D eigenvalue weighted by Crippen LogP contribution is -2.44. The molecule has 3 nitrogen and oxygen atoms in total. The van der Waals surface area contributed by atoms with Gasteiger partial charge in [-0.05, 0) is 43.7 Å². The maximum Gasteiger partial charge on any atom is 0.264 e. The Morgan fingerprint density at radius 3 is 2.86 bits per heavy atom. The van der Waals surface area contributed by atoms with Crippen LogP contribution in [0, 0.1) is 0 Å². The van der Waals surface area contributed by atoms with E-state index < -0.39 is 0 Å². The first-order valence-corrected chi connectivity index (χ1v) is 8.26. The fourth-order valence-electron chi connectivity index (χ4n) is 3.04. The summed E-state index contributed by atoms with van der Waals surface area (Å²) in [6.07, 6.45) is 3.56. The van der Waals surface area contributed by atoms with Crippen LogP contribution in [0.5, 0.6) is 0 Å².